The fraction of sp³-hybridized carbons (Fsp3) is 0.304. The lowest BCUT2D eigenvalue weighted by molar-refractivity contribution is -0.117. The first kappa shape index (κ1) is 19.9. The van der Waals surface area contributed by atoms with Gasteiger partial charge in [0.2, 0.25) is 5.91 Å². The van der Waals surface area contributed by atoms with Crippen molar-refractivity contribution in [1.82, 2.24) is 14.8 Å². The normalized spacial score (nSPS) is 16.2. The zero-order valence-corrected chi connectivity index (χ0v) is 17.6. The molecule has 1 aliphatic carbocycles. The molecular weight excluding hydrogens is 415 g/mol. The van der Waals surface area contributed by atoms with Gasteiger partial charge in [0.25, 0.3) is 0 Å². The third-order valence-electron chi connectivity index (χ3n) is 5.58. The maximum Gasteiger partial charge on any atom is 0.227 e. The maximum atomic E-state index is 14.3. The topological polar surface area (TPSA) is 68.1 Å². The van der Waals surface area contributed by atoms with E-state index < -0.39 is 0 Å². The molecule has 1 saturated heterocycles. The number of aromatic nitrogens is 3. The quantitative estimate of drug-likeness (QED) is 0.402. The number of ketones is 1. The van der Waals surface area contributed by atoms with E-state index in [4.69, 9.17) is 0 Å². The molecule has 0 N–H and O–H groups in total. The van der Waals surface area contributed by atoms with Gasteiger partial charge in [-0.15, -0.1) is 10.2 Å². The number of rotatable bonds is 7. The van der Waals surface area contributed by atoms with Crippen LogP contribution >= 0.6 is 11.8 Å². The molecular formula is C23H21FN4O2S. The van der Waals surface area contributed by atoms with Crippen LogP contribution in [0.2, 0.25) is 0 Å². The molecule has 1 saturated carbocycles. The minimum Gasteiger partial charge on any atom is -0.312 e. The first-order chi connectivity index (χ1) is 15.1. The van der Waals surface area contributed by atoms with Crippen molar-refractivity contribution in [3.05, 3.63) is 59.9 Å². The molecule has 2 fully saturated rings. The van der Waals surface area contributed by atoms with E-state index in [0.717, 1.165) is 24.9 Å². The third kappa shape index (κ3) is 3.99. The van der Waals surface area contributed by atoms with Crippen molar-refractivity contribution >= 4 is 29.1 Å². The predicted molar refractivity (Wildman–Crippen MR) is 117 cm³/mol. The van der Waals surface area contributed by atoms with E-state index in [1.54, 1.807) is 35.2 Å². The Labute approximate surface area is 183 Å². The Morgan fingerprint density at radius 2 is 1.97 bits per heavy atom. The van der Waals surface area contributed by atoms with E-state index in [1.165, 1.54) is 17.8 Å². The van der Waals surface area contributed by atoms with Crippen molar-refractivity contribution in [2.24, 2.45) is 0 Å². The van der Waals surface area contributed by atoms with Gasteiger partial charge in [0.05, 0.1) is 11.3 Å². The lowest BCUT2D eigenvalue weighted by Crippen LogP contribution is -2.23. The summed E-state index contributed by atoms with van der Waals surface area (Å²) in [7, 11) is 0. The molecule has 3 aromatic rings. The summed E-state index contributed by atoms with van der Waals surface area (Å²) in [6.07, 6.45) is 3.38. The molecule has 8 heteroatoms. The number of hydrogen-bond donors (Lipinski definition) is 0. The minimum absolute atomic E-state index is 0.0451. The highest BCUT2D eigenvalue weighted by Gasteiger charge is 2.31. The van der Waals surface area contributed by atoms with E-state index in [9.17, 15) is 14.0 Å². The fourth-order valence-corrected chi connectivity index (χ4v) is 4.75. The molecule has 158 valence electrons. The van der Waals surface area contributed by atoms with Gasteiger partial charge in [-0.05, 0) is 43.5 Å². The number of carbonyl (C=O) groups is 2. The van der Waals surface area contributed by atoms with Crippen LogP contribution in [-0.2, 0) is 4.79 Å². The lowest BCUT2D eigenvalue weighted by Gasteiger charge is -2.16. The Morgan fingerprint density at radius 1 is 1.13 bits per heavy atom. The molecule has 1 aliphatic heterocycles. The van der Waals surface area contributed by atoms with Gasteiger partial charge in [0, 0.05) is 30.3 Å². The number of hydrogen-bond acceptors (Lipinski definition) is 5. The largest absolute Gasteiger partial charge is 0.312 e. The second kappa shape index (κ2) is 8.26. The van der Waals surface area contributed by atoms with Gasteiger partial charge in [-0.25, -0.2) is 4.39 Å². The van der Waals surface area contributed by atoms with Crippen LogP contribution < -0.4 is 4.90 Å². The van der Waals surface area contributed by atoms with Crippen molar-refractivity contribution in [1.29, 1.82) is 0 Å². The van der Waals surface area contributed by atoms with Crippen molar-refractivity contribution in [3.63, 3.8) is 0 Å². The SMILES string of the molecule is O=C(CSc1nnc(-c2ccccc2F)n1C1CC1)c1cccc(N2CCCC2=O)c1. The van der Waals surface area contributed by atoms with Crippen LogP contribution in [0, 0.1) is 5.82 Å². The summed E-state index contributed by atoms with van der Waals surface area (Å²) >= 11 is 1.32. The molecule has 0 spiro atoms. The number of benzene rings is 2. The van der Waals surface area contributed by atoms with Gasteiger partial charge in [0.1, 0.15) is 5.82 Å². The molecule has 0 bridgehead atoms. The van der Waals surface area contributed by atoms with Gasteiger partial charge < -0.3 is 4.90 Å². The van der Waals surface area contributed by atoms with E-state index in [0.29, 0.717) is 35.1 Å². The Bertz CT molecular complexity index is 1160. The van der Waals surface area contributed by atoms with Crippen LogP contribution in [0.5, 0.6) is 0 Å². The molecule has 6 nitrogen and oxygen atoms in total. The van der Waals surface area contributed by atoms with E-state index in [-0.39, 0.29) is 29.3 Å². The smallest absolute Gasteiger partial charge is 0.227 e. The monoisotopic (exact) mass is 436 g/mol. The van der Waals surface area contributed by atoms with Crippen LogP contribution in [-0.4, -0.2) is 38.8 Å². The Balaban J connectivity index is 1.34. The average Bonchev–Trinajstić information content (AvgIpc) is 3.39. The summed E-state index contributed by atoms with van der Waals surface area (Å²) in [6.45, 7) is 0.689. The first-order valence-corrected chi connectivity index (χ1v) is 11.4. The summed E-state index contributed by atoms with van der Waals surface area (Å²) in [5.41, 5.74) is 1.75. The van der Waals surface area contributed by atoms with Gasteiger partial charge in [0.15, 0.2) is 16.8 Å². The van der Waals surface area contributed by atoms with E-state index in [2.05, 4.69) is 10.2 Å². The number of anilines is 1. The molecule has 31 heavy (non-hydrogen) atoms. The van der Waals surface area contributed by atoms with Crippen molar-refractivity contribution in [3.8, 4) is 11.4 Å². The van der Waals surface area contributed by atoms with E-state index >= 15 is 0 Å². The minimum atomic E-state index is -0.335. The third-order valence-corrected chi connectivity index (χ3v) is 6.52. The van der Waals surface area contributed by atoms with Gasteiger partial charge in [-0.2, -0.15) is 0 Å². The average molecular weight is 437 g/mol. The van der Waals surface area contributed by atoms with Crippen molar-refractivity contribution in [2.75, 3.05) is 17.2 Å². The highest BCUT2D eigenvalue weighted by molar-refractivity contribution is 7.99. The highest BCUT2D eigenvalue weighted by atomic mass is 32.2. The molecule has 0 atom stereocenters. The van der Waals surface area contributed by atoms with Gasteiger partial charge in [-0.3, -0.25) is 14.2 Å². The summed E-state index contributed by atoms with van der Waals surface area (Å²) < 4.78 is 16.3. The number of Topliss-reactive ketones (excluding diaryl/α,β-unsaturated/α-hetero) is 1. The number of amides is 1. The van der Waals surface area contributed by atoms with Gasteiger partial charge >= 0.3 is 0 Å². The summed E-state index contributed by atoms with van der Waals surface area (Å²) in [5, 5.41) is 9.11. The standard InChI is InChI=1S/C23H21FN4O2S/c24-19-8-2-1-7-18(19)22-25-26-23(28(22)16-10-11-16)31-14-20(29)15-5-3-6-17(13-15)27-12-4-9-21(27)30/h1-3,5-8,13,16H,4,9-12,14H2. The summed E-state index contributed by atoms with van der Waals surface area (Å²) in [4.78, 5) is 26.6. The second-order valence-corrected chi connectivity index (χ2v) is 8.74. The maximum absolute atomic E-state index is 14.3. The van der Waals surface area contributed by atoms with Crippen LogP contribution in [0.3, 0.4) is 0 Å². The fourth-order valence-electron chi connectivity index (χ4n) is 3.85. The van der Waals surface area contributed by atoms with Crippen LogP contribution in [0.4, 0.5) is 10.1 Å². The highest BCUT2D eigenvalue weighted by Crippen LogP contribution is 2.41. The molecule has 2 heterocycles. The first-order valence-electron chi connectivity index (χ1n) is 10.4. The number of halogens is 1. The number of carbonyl (C=O) groups excluding carboxylic acids is 2. The van der Waals surface area contributed by atoms with E-state index in [1.807, 2.05) is 16.7 Å². The zero-order valence-electron chi connectivity index (χ0n) is 16.8. The van der Waals surface area contributed by atoms with Crippen LogP contribution in [0.15, 0.2) is 53.7 Å². The summed E-state index contributed by atoms with van der Waals surface area (Å²) in [6, 6.07) is 14.0. The zero-order chi connectivity index (χ0) is 21.4. The number of thioether (sulfide) groups is 1. The Hall–Kier alpha value is -3.00. The summed E-state index contributed by atoms with van der Waals surface area (Å²) in [5.74, 6) is 0.413. The predicted octanol–water partition coefficient (Wildman–Crippen LogP) is 4.52. The van der Waals surface area contributed by atoms with Crippen LogP contribution in [0.1, 0.15) is 42.1 Å². The Kier molecular flexibility index (Phi) is 5.31. The van der Waals surface area contributed by atoms with Crippen LogP contribution in [0.25, 0.3) is 11.4 Å². The van der Waals surface area contributed by atoms with Crippen molar-refractivity contribution < 1.29 is 14.0 Å². The Morgan fingerprint density at radius 3 is 2.71 bits per heavy atom. The van der Waals surface area contributed by atoms with Crippen molar-refractivity contribution in [2.45, 2.75) is 36.9 Å². The molecule has 2 aliphatic rings. The molecule has 1 aromatic heterocycles. The lowest BCUT2D eigenvalue weighted by atomic mass is 10.1. The molecule has 0 radical (unpaired) electrons. The number of nitrogens with zero attached hydrogens (tertiary/aromatic N) is 4. The molecule has 2 aromatic carbocycles. The van der Waals surface area contributed by atoms with Gasteiger partial charge in [-0.1, -0.05) is 36.0 Å². The molecule has 1 amide bonds. The molecule has 5 rings (SSSR count). The second-order valence-electron chi connectivity index (χ2n) is 7.80. The molecule has 0 unspecified atom stereocenters.